The molecule has 1 N–H and O–H groups in total. The average Bonchev–Trinajstić information content (AvgIpc) is 2.43. The number of nitrogens with one attached hydrogen (secondary N) is 1. The highest BCUT2D eigenvalue weighted by Crippen LogP contribution is 2.28. The van der Waals surface area contributed by atoms with Crippen LogP contribution in [0.5, 0.6) is 0 Å². The predicted octanol–water partition coefficient (Wildman–Crippen LogP) is 4.40. The zero-order valence-corrected chi connectivity index (χ0v) is 12.8. The first-order valence-electron chi connectivity index (χ1n) is 8.00. The molecule has 1 unspecified atom stereocenters. The van der Waals surface area contributed by atoms with Crippen molar-refractivity contribution in [1.29, 1.82) is 0 Å². The van der Waals surface area contributed by atoms with E-state index in [9.17, 15) is 0 Å². The molecule has 1 fully saturated rings. The van der Waals surface area contributed by atoms with E-state index in [0.717, 1.165) is 12.5 Å². The van der Waals surface area contributed by atoms with Gasteiger partial charge in [0.05, 0.1) is 0 Å². The first-order valence-corrected chi connectivity index (χ1v) is 8.00. The van der Waals surface area contributed by atoms with E-state index in [0.29, 0.717) is 6.04 Å². The highest BCUT2D eigenvalue weighted by Gasteiger charge is 2.23. The van der Waals surface area contributed by atoms with E-state index in [2.05, 4.69) is 44.3 Å². The van der Waals surface area contributed by atoms with E-state index in [1.165, 1.54) is 55.2 Å². The molecule has 106 valence electrons. The van der Waals surface area contributed by atoms with Gasteiger partial charge < -0.3 is 5.32 Å². The maximum atomic E-state index is 3.75. The van der Waals surface area contributed by atoms with Gasteiger partial charge in [-0.2, -0.15) is 0 Å². The fourth-order valence-corrected chi connectivity index (χ4v) is 3.46. The SMILES string of the molecule is CCNC(Cc1cc(C)ccc1C)C1CCCCC1. The number of rotatable bonds is 5. The molecule has 1 heteroatoms. The molecule has 0 heterocycles. The Bertz CT molecular complexity index is 391. The Balaban J connectivity index is 2.08. The summed E-state index contributed by atoms with van der Waals surface area (Å²) in [7, 11) is 0. The van der Waals surface area contributed by atoms with Crippen LogP contribution in [0.4, 0.5) is 0 Å². The minimum absolute atomic E-state index is 0.672. The first-order chi connectivity index (χ1) is 9.20. The Labute approximate surface area is 118 Å². The van der Waals surface area contributed by atoms with Crippen molar-refractivity contribution in [2.45, 2.75) is 65.3 Å². The summed E-state index contributed by atoms with van der Waals surface area (Å²) in [6, 6.07) is 7.55. The molecule has 0 bridgehead atoms. The molecule has 0 radical (unpaired) electrons. The lowest BCUT2D eigenvalue weighted by atomic mass is 9.81. The van der Waals surface area contributed by atoms with Crippen molar-refractivity contribution in [3.63, 3.8) is 0 Å². The molecule has 0 spiro atoms. The van der Waals surface area contributed by atoms with Crippen LogP contribution in [0.2, 0.25) is 0 Å². The molecule has 1 atom stereocenters. The van der Waals surface area contributed by atoms with Gasteiger partial charge in [-0.3, -0.25) is 0 Å². The molecule has 1 aromatic carbocycles. The van der Waals surface area contributed by atoms with Crippen LogP contribution < -0.4 is 5.32 Å². The van der Waals surface area contributed by atoms with Crippen molar-refractivity contribution in [2.24, 2.45) is 5.92 Å². The summed E-state index contributed by atoms with van der Waals surface area (Å²) < 4.78 is 0. The quantitative estimate of drug-likeness (QED) is 0.826. The standard InChI is InChI=1S/C18H29N/c1-4-19-18(16-8-6-5-7-9-16)13-17-12-14(2)10-11-15(17)3/h10-12,16,18-19H,4-9,13H2,1-3H3. The van der Waals surface area contributed by atoms with Gasteiger partial charge in [-0.05, 0) is 56.7 Å². The summed E-state index contributed by atoms with van der Waals surface area (Å²) >= 11 is 0. The molecule has 0 aliphatic heterocycles. The molecular weight excluding hydrogens is 230 g/mol. The highest BCUT2D eigenvalue weighted by atomic mass is 14.9. The Morgan fingerprint density at radius 2 is 1.89 bits per heavy atom. The van der Waals surface area contributed by atoms with E-state index in [-0.39, 0.29) is 0 Å². The van der Waals surface area contributed by atoms with Crippen molar-refractivity contribution in [2.75, 3.05) is 6.54 Å². The second-order valence-electron chi connectivity index (χ2n) is 6.20. The lowest BCUT2D eigenvalue weighted by molar-refractivity contribution is 0.269. The summed E-state index contributed by atoms with van der Waals surface area (Å²) in [5.41, 5.74) is 4.38. The fraction of sp³-hybridized carbons (Fsp3) is 0.667. The third kappa shape index (κ3) is 4.07. The largest absolute Gasteiger partial charge is 0.314 e. The van der Waals surface area contributed by atoms with Gasteiger partial charge in [0.25, 0.3) is 0 Å². The van der Waals surface area contributed by atoms with Crippen molar-refractivity contribution < 1.29 is 0 Å². The summed E-state index contributed by atoms with van der Waals surface area (Å²) in [6.45, 7) is 7.77. The van der Waals surface area contributed by atoms with Crippen LogP contribution in [-0.2, 0) is 6.42 Å². The molecular formula is C18H29N. The van der Waals surface area contributed by atoms with Gasteiger partial charge in [0.2, 0.25) is 0 Å². The van der Waals surface area contributed by atoms with Gasteiger partial charge in [-0.15, -0.1) is 0 Å². The summed E-state index contributed by atoms with van der Waals surface area (Å²) in [5, 5.41) is 3.75. The molecule has 0 amide bonds. The van der Waals surface area contributed by atoms with Crippen molar-refractivity contribution >= 4 is 0 Å². The maximum Gasteiger partial charge on any atom is 0.0136 e. The monoisotopic (exact) mass is 259 g/mol. The van der Waals surface area contributed by atoms with E-state index < -0.39 is 0 Å². The van der Waals surface area contributed by atoms with Crippen LogP contribution in [-0.4, -0.2) is 12.6 Å². The zero-order chi connectivity index (χ0) is 13.7. The summed E-state index contributed by atoms with van der Waals surface area (Å²) in [6.07, 6.45) is 8.34. The molecule has 2 rings (SSSR count). The van der Waals surface area contributed by atoms with Gasteiger partial charge in [0, 0.05) is 6.04 Å². The van der Waals surface area contributed by atoms with Crippen LogP contribution >= 0.6 is 0 Å². The molecule has 1 aromatic rings. The third-order valence-electron chi connectivity index (χ3n) is 4.63. The van der Waals surface area contributed by atoms with E-state index >= 15 is 0 Å². The predicted molar refractivity (Wildman–Crippen MR) is 83.7 cm³/mol. The molecule has 0 aromatic heterocycles. The van der Waals surface area contributed by atoms with Crippen LogP contribution in [0, 0.1) is 19.8 Å². The van der Waals surface area contributed by atoms with E-state index in [1.807, 2.05) is 0 Å². The normalized spacial score (nSPS) is 18.5. The second-order valence-corrected chi connectivity index (χ2v) is 6.20. The minimum Gasteiger partial charge on any atom is -0.314 e. The number of hydrogen-bond donors (Lipinski definition) is 1. The van der Waals surface area contributed by atoms with Crippen LogP contribution in [0.3, 0.4) is 0 Å². The maximum absolute atomic E-state index is 3.75. The Hall–Kier alpha value is -0.820. The molecule has 0 saturated heterocycles. The van der Waals surface area contributed by atoms with Crippen molar-refractivity contribution in [3.8, 4) is 0 Å². The number of hydrogen-bond acceptors (Lipinski definition) is 1. The van der Waals surface area contributed by atoms with Gasteiger partial charge in [0.1, 0.15) is 0 Å². The Kier molecular flexibility index (Phi) is 5.45. The van der Waals surface area contributed by atoms with Crippen LogP contribution in [0.15, 0.2) is 18.2 Å². The Morgan fingerprint density at radius 1 is 1.16 bits per heavy atom. The number of benzene rings is 1. The van der Waals surface area contributed by atoms with E-state index in [1.54, 1.807) is 0 Å². The molecule has 1 aliphatic carbocycles. The summed E-state index contributed by atoms with van der Waals surface area (Å²) in [4.78, 5) is 0. The average molecular weight is 259 g/mol. The lowest BCUT2D eigenvalue weighted by Crippen LogP contribution is -2.39. The molecule has 1 saturated carbocycles. The molecule has 1 nitrogen and oxygen atoms in total. The van der Waals surface area contributed by atoms with Crippen molar-refractivity contribution in [1.82, 2.24) is 5.32 Å². The third-order valence-corrected chi connectivity index (χ3v) is 4.63. The number of aryl methyl sites for hydroxylation is 2. The molecule has 1 aliphatic rings. The van der Waals surface area contributed by atoms with Gasteiger partial charge in [-0.1, -0.05) is 49.9 Å². The first kappa shape index (κ1) is 14.6. The summed E-state index contributed by atoms with van der Waals surface area (Å²) in [5.74, 6) is 0.883. The fourth-order valence-electron chi connectivity index (χ4n) is 3.46. The topological polar surface area (TPSA) is 12.0 Å². The minimum atomic E-state index is 0.672. The smallest absolute Gasteiger partial charge is 0.0136 e. The second kappa shape index (κ2) is 7.09. The van der Waals surface area contributed by atoms with Gasteiger partial charge >= 0.3 is 0 Å². The highest BCUT2D eigenvalue weighted by molar-refractivity contribution is 5.31. The zero-order valence-electron chi connectivity index (χ0n) is 12.8. The van der Waals surface area contributed by atoms with Gasteiger partial charge in [0.15, 0.2) is 0 Å². The van der Waals surface area contributed by atoms with Gasteiger partial charge in [-0.25, -0.2) is 0 Å². The lowest BCUT2D eigenvalue weighted by Gasteiger charge is -2.31. The van der Waals surface area contributed by atoms with Crippen LogP contribution in [0.25, 0.3) is 0 Å². The number of likely N-dealkylation sites (N-methyl/N-ethyl adjacent to an activating group) is 1. The Morgan fingerprint density at radius 3 is 2.58 bits per heavy atom. The molecule has 19 heavy (non-hydrogen) atoms. The van der Waals surface area contributed by atoms with Crippen molar-refractivity contribution in [3.05, 3.63) is 34.9 Å². The van der Waals surface area contributed by atoms with Crippen LogP contribution in [0.1, 0.15) is 55.7 Å². The van der Waals surface area contributed by atoms with E-state index in [4.69, 9.17) is 0 Å².